The van der Waals surface area contributed by atoms with Crippen molar-refractivity contribution >= 4 is 17.7 Å². The molecule has 0 aliphatic heterocycles. The van der Waals surface area contributed by atoms with Crippen LogP contribution in [0, 0.1) is 0 Å². The third kappa shape index (κ3) is 4.69. The largest absolute Gasteiger partial charge is 0.508 e. The zero-order valence-electron chi connectivity index (χ0n) is 10.5. The van der Waals surface area contributed by atoms with E-state index in [0.29, 0.717) is 12.1 Å². The van der Waals surface area contributed by atoms with Crippen molar-refractivity contribution in [2.45, 2.75) is 25.0 Å². The molecular weight excluding hydrogens is 234 g/mol. The van der Waals surface area contributed by atoms with Crippen molar-refractivity contribution in [1.29, 1.82) is 0 Å². The highest BCUT2D eigenvalue weighted by Crippen LogP contribution is 2.20. The van der Waals surface area contributed by atoms with E-state index in [9.17, 15) is 9.90 Å². The summed E-state index contributed by atoms with van der Waals surface area (Å²) in [6.45, 7) is 4.79. The third-order valence-electron chi connectivity index (χ3n) is 2.61. The van der Waals surface area contributed by atoms with E-state index in [1.165, 1.54) is 0 Å². The van der Waals surface area contributed by atoms with Crippen LogP contribution in [0.4, 0.5) is 0 Å². The minimum Gasteiger partial charge on any atom is -0.508 e. The number of rotatable bonds is 5. The fraction of sp³-hybridized carbons (Fsp3) is 0.462. The lowest BCUT2D eigenvalue weighted by Gasteiger charge is -2.22. The number of amides is 1. The molecule has 0 fully saturated rings. The van der Waals surface area contributed by atoms with Gasteiger partial charge in [0.15, 0.2) is 0 Å². The quantitative estimate of drug-likeness (QED) is 0.845. The van der Waals surface area contributed by atoms with Crippen LogP contribution in [0.5, 0.6) is 5.75 Å². The Hall–Kier alpha value is -1.16. The van der Waals surface area contributed by atoms with Gasteiger partial charge < -0.3 is 10.4 Å². The molecule has 0 aromatic heterocycles. The topological polar surface area (TPSA) is 49.3 Å². The summed E-state index contributed by atoms with van der Waals surface area (Å²) in [5.41, 5.74) is 0.659. The van der Waals surface area contributed by atoms with Gasteiger partial charge in [-0.05, 0) is 26.2 Å². The Balaban J connectivity index is 2.48. The normalized spacial score (nSPS) is 11.2. The van der Waals surface area contributed by atoms with Gasteiger partial charge in [0.1, 0.15) is 5.75 Å². The van der Waals surface area contributed by atoms with Crippen molar-refractivity contribution in [3.63, 3.8) is 0 Å². The van der Waals surface area contributed by atoms with Crippen molar-refractivity contribution in [2.75, 3.05) is 12.8 Å². The summed E-state index contributed by atoms with van der Waals surface area (Å²) in [6, 6.07) is 6.91. The molecule has 0 aliphatic carbocycles. The van der Waals surface area contributed by atoms with Gasteiger partial charge in [0.2, 0.25) is 5.91 Å². The van der Waals surface area contributed by atoms with Gasteiger partial charge in [-0.2, -0.15) is 11.8 Å². The van der Waals surface area contributed by atoms with E-state index < -0.39 is 0 Å². The molecule has 0 spiro atoms. The number of carbonyl (C=O) groups is 1. The number of hydrogen-bond donors (Lipinski definition) is 2. The Labute approximate surface area is 107 Å². The Morgan fingerprint density at radius 1 is 1.41 bits per heavy atom. The molecule has 2 N–H and O–H groups in total. The lowest BCUT2D eigenvalue weighted by Crippen LogP contribution is -2.36. The molecule has 4 heteroatoms. The number of benzene rings is 1. The predicted molar refractivity (Wildman–Crippen MR) is 72.4 cm³/mol. The number of nitrogens with one attached hydrogen (secondary N) is 1. The SMILES string of the molecule is CSC(C)(C)CNC(=O)Cc1ccccc1O. The van der Waals surface area contributed by atoms with E-state index in [1.807, 2.05) is 12.3 Å². The highest BCUT2D eigenvalue weighted by Gasteiger charge is 2.17. The standard InChI is InChI=1S/C13H19NO2S/c1-13(2,17-3)9-14-12(16)8-10-6-4-5-7-11(10)15/h4-7,15H,8-9H2,1-3H3,(H,14,16). The summed E-state index contributed by atoms with van der Waals surface area (Å²) in [5.74, 6) is 0.111. The summed E-state index contributed by atoms with van der Waals surface area (Å²) >= 11 is 1.71. The van der Waals surface area contributed by atoms with Crippen LogP contribution in [0.2, 0.25) is 0 Å². The van der Waals surface area contributed by atoms with E-state index in [0.717, 1.165) is 0 Å². The second-order valence-corrected chi connectivity index (χ2v) is 6.06. The lowest BCUT2D eigenvalue weighted by molar-refractivity contribution is -0.120. The van der Waals surface area contributed by atoms with Crippen LogP contribution < -0.4 is 5.32 Å². The van der Waals surface area contributed by atoms with Crippen LogP contribution in [0.25, 0.3) is 0 Å². The molecule has 0 atom stereocenters. The van der Waals surface area contributed by atoms with Gasteiger partial charge in [0.25, 0.3) is 0 Å². The number of thioether (sulfide) groups is 1. The molecule has 0 saturated carbocycles. The smallest absolute Gasteiger partial charge is 0.224 e. The van der Waals surface area contributed by atoms with Gasteiger partial charge in [-0.15, -0.1) is 0 Å². The van der Waals surface area contributed by atoms with Gasteiger partial charge in [0.05, 0.1) is 6.42 Å². The Bertz CT molecular complexity index is 391. The monoisotopic (exact) mass is 253 g/mol. The van der Waals surface area contributed by atoms with Crippen LogP contribution in [-0.2, 0) is 11.2 Å². The van der Waals surface area contributed by atoms with Gasteiger partial charge in [-0.1, -0.05) is 18.2 Å². The molecule has 3 nitrogen and oxygen atoms in total. The minimum atomic E-state index is -0.0615. The Kier molecular flexibility index (Phi) is 4.87. The Morgan fingerprint density at radius 2 is 2.06 bits per heavy atom. The molecule has 1 aromatic carbocycles. The number of para-hydroxylation sites is 1. The first-order chi connectivity index (χ1) is 7.94. The summed E-state index contributed by atoms with van der Waals surface area (Å²) in [7, 11) is 0. The Morgan fingerprint density at radius 3 is 2.65 bits per heavy atom. The average Bonchev–Trinajstić information content (AvgIpc) is 2.30. The van der Waals surface area contributed by atoms with E-state index >= 15 is 0 Å². The van der Waals surface area contributed by atoms with E-state index in [2.05, 4.69) is 19.2 Å². The fourth-order valence-electron chi connectivity index (χ4n) is 1.28. The van der Waals surface area contributed by atoms with Crippen molar-refractivity contribution in [1.82, 2.24) is 5.32 Å². The number of carbonyl (C=O) groups excluding carboxylic acids is 1. The molecule has 0 heterocycles. The highest BCUT2D eigenvalue weighted by molar-refractivity contribution is 7.99. The molecular formula is C13H19NO2S. The number of phenols is 1. The summed E-state index contributed by atoms with van der Waals surface area (Å²) in [5, 5.41) is 12.4. The third-order valence-corrected chi connectivity index (χ3v) is 3.86. The highest BCUT2D eigenvalue weighted by atomic mass is 32.2. The first-order valence-corrected chi connectivity index (χ1v) is 6.76. The van der Waals surface area contributed by atoms with E-state index in [1.54, 1.807) is 30.0 Å². The fourth-order valence-corrected chi connectivity index (χ4v) is 1.50. The van der Waals surface area contributed by atoms with Gasteiger partial charge in [-0.25, -0.2) is 0 Å². The molecule has 94 valence electrons. The second kappa shape index (κ2) is 5.96. The van der Waals surface area contributed by atoms with Gasteiger partial charge >= 0.3 is 0 Å². The van der Waals surface area contributed by atoms with Gasteiger partial charge in [0, 0.05) is 16.9 Å². The van der Waals surface area contributed by atoms with Crippen molar-refractivity contribution < 1.29 is 9.90 Å². The average molecular weight is 253 g/mol. The molecule has 0 radical (unpaired) electrons. The zero-order chi connectivity index (χ0) is 12.9. The molecule has 0 saturated heterocycles. The molecule has 0 unspecified atom stereocenters. The number of aromatic hydroxyl groups is 1. The first-order valence-electron chi connectivity index (χ1n) is 5.53. The summed E-state index contributed by atoms with van der Waals surface area (Å²) < 4.78 is 0.0361. The molecule has 1 amide bonds. The molecule has 17 heavy (non-hydrogen) atoms. The van der Waals surface area contributed by atoms with Crippen LogP contribution >= 0.6 is 11.8 Å². The number of phenolic OH excluding ortho intramolecular Hbond substituents is 1. The maximum absolute atomic E-state index is 11.7. The summed E-state index contributed by atoms with van der Waals surface area (Å²) in [6.07, 6.45) is 2.24. The van der Waals surface area contributed by atoms with Crippen LogP contribution in [0.3, 0.4) is 0 Å². The van der Waals surface area contributed by atoms with E-state index in [4.69, 9.17) is 0 Å². The van der Waals surface area contributed by atoms with Crippen molar-refractivity contribution in [2.24, 2.45) is 0 Å². The maximum Gasteiger partial charge on any atom is 0.224 e. The van der Waals surface area contributed by atoms with Gasteiger partial charge in [-0.3, -0.25) is 4.79 Å². The molecule has 1 aromatic rings. The minimum absolute atomic E-state index is 0.0361. The van der Waals surface area contributed by atoms with Crippen LogP contribution in [0.15, 0.2) is 24.3 Å². The summed E-state index contributed by atoms with van der Waals surface area (Å²) in [4.78, 5) is 11.7. The zero-order valence-corrected chi connectivity index (χ0v) is 11.3. The van der Waals surface area contributed by atoms with Crippen LogP contribution in [0.1, 0.15) is 19.4 Å². The van der Waals surface area contributed by atoms with Crippen molar-refractivity contribution in [3.05, 3.63) is 29.8 Å². The second-order valence-electron chi connectivity index (χ2n) is 4.55. The molecule has 1 rings (SSSR count). The molecule has 0 aliphatic rings. The van der Waals surface area contributed by atoms with Crippen molar-refractivity contribution in [3.8, 4) is 5.75 Å². The van der Waals surface area contributed by atoms with E-state index in [-0.39, 0.29) is 22.8 Å². The first kappa shape index (κ1) is 13.9. The lowest BCUT2D eigenvalue weighted by atomic mass is 10.1. The molecule has 0 bridgehead atoms. The maximum atomic E-state index is 11.7. The number of hydrogen-bond acceptors (Lipinski definition) is 3. The van der Waals surface area contributed by atoms with Crippen LogP contribution in [-0.4, -0.2) is 28.6 Å². The predicted octanol–water partition coefficient (Wildman–Crippen LogP) is 2.19.